The molecule has 0 atom stereocenters. The van der Waals surface area contributed by atoms with Gasteiger partial charge >= 0.3 is 6.18 Å². The zero-order valence-corrected chi connectivity index (χ0v) is 11.7. The number of thiophene rings is 1. The predicted octanol–water partition coefficient (Wildman–Crippen LogP) is 4.59. The first-order chi connectivity index (χ1) is 9.79. The summed E-state index contributed by atoms with van der Waals surface area (Å²) in [4.78, 5) is 0.453. The van der Waals surface area contributed by atoms with E-state index in [1.165, 1.54) is 0 Å². The van der Waals surface area contributed by atoms with E-state index in [2.05, 4.69) is 0 Å². The lowest BCUT2D eigenvalue weighted by Crippen LogP contribution is -2.05. The average Bonchev–Trinajstić information content (AvgIpc) is 2.74. The summed E-state index contributed by atoms with van der Waals surface area (Å²) in [5, 5.41) is 8.96. The lowest BCUT2D eigenvalue weighted by Gasteiger charge is -2.10. The highest BCUT2D eigenvalue weighted by Crippen LogP contribution is 2.41. The van der Waals surface area contributed by atoms with Gasteiger partial charge in [-0.2, -0.15) is 18.4 Å². The number of nitriles is 1. The number of benzene rings is 1. The van der Waals surface area contributed by atoms with Crippen LogP contribution in [0.2, 0.25) is 0 Å². The molecular formula is C14H10F4N2S. The van der Waals surface area contributed by atoms with Crippen LogP contribution in [0.5, 0.6) is 0 Å². The molecule has 1 aromatic carbocycles. The number of rotatable bonds is 2. The summed E-state index contributed by atoms with van der Waals surface area (Å²) in [5.74, 6) is -0.775. The molecule has 0 aliphatic carbocycles. The lowest BCUT2D eigenvalue weighted by molar-refractivity contribution is -0.137. The van der Waals surface area contributed by atoms with Gasteiger partial charge in [-0.1, -0.05) is 6.92 Å². The Balaban J connectivity index is 2.70. The summed E-state index contributed by atoms with van der Waals surface area (Å²) in [6.07, 6.45) is -4.16. The minimum atomic E-state index is -4.56. The van der Waals surface area contributed by atoms with Crippen LogP contribution in [0.1, 0.15) is 22.9 Å². The van der Waals surface area contributed by atoms with Gasteiger partial charge in [0.25, 0.3) is 0 Å². The van der Waals surface area contributed by atoms with Gasteiger partial charge in [0.05, 0.1) is 11.3 Å². The largest absolute Gasteiger partial charge is 0.416 e. The molecule has 0 spiro atoms. The van der Waals surface area contributed by atoms with Gasteiger partial charge < -0.3 is 5.73 Å². The third kappa shape index (κ3) is 2.72. The molecule has 2 nitrogen and oxygen atoms in total. The molecule has 0 aliphatic rings. The standard InChI is InChI=1S/C14H10F4N2S/c1-2-8-12(20)11(6-19)21-13(8)9-5-7(14(16,17)18)3-4-10(9)15/h3-5H,2,20H2,1H3. The third-order valence-corrected chi connectivity index (χ3v) is 4.23. The van der Waals surface area contributed by atoms with Gasteiger partial charge in [-0.15, -0.1) is 11.3 Å². The molecule has 0 amide bonds. The number of hydrogen-bond acceptors (Lipinski definition) is 3. The van der Waals surface area contributed by atoms with Gasteiger partial charge in [0.2, 0.25) is 0 Å². The maximum Gasteiger partial charge on any atom is 0.416 e. The Morgan fingerprint density at radius 2 is 2.00 bits per heavy atom. The molecule has 2 aromatic rings. The Kier molecular flexibility index (Phi) is 3.92. The maximum atomic E-state index is 13.9. The van der Waals surface area contributed by atoms with Crippen LogP contribution < -0.4 is 5.73 Å². The normalized spacial score (nSPS) is 11.4. The average molecular weight is 314 g/mol. The number of nitrogens with zero attached hydrogens (tertiary/aromatic N) is 1. The van der Waals surface area contributed by atoms with Gasteiger partial charge in [-0.05, 0) is 30.2 Å². The number of nitrogen functional groups attached to an aromatic ring is 1. The van der Waals surface area contributed by atoms with Crippen molar-refractivity contribution in [2.75, 3.05) is 5.73 Å². The van der Waals surface area contributed by atoms with E-state index in [-0.39, 0.29) is 21.0 Å². The van der Waals surface area contributed by atoms with Crippen LogP contribution in [0.25, 0.3) is 10.4 Å². The van der Waals surface area contributed by atoms with Gasteiger partial charge in [0, 0.05) is 10.4 Å². The van der Waals surface area contributed by atoms with E-state index in [1.54, 1.807) is 6.92 Å². The first-order valence-corrected chi connectivity index (χ1v) is 6.79. The van der Waals surface area contributed by atoms with Crippen LogP contribution in [-0.2, 0) is 12.6 Å². The van der Waals surface area contributed by atoms with Crippen molar-refractivity contribution < 1.29 is 17.6 Å². The molecule has 0 aliphatic heterocycles. The molecule has 0 radical (unpaired) electrons. The molecular weight excluding hydrogens is 304 g/mol. The fourth-order valence-electron chi connectivity index (χ4n) is 2.01. The number of hydrogen-bond donors (Lipinski definition) is 1. The molecule has 1 aromatic heterocycles. The van der Waals surface area contributed by atoms with Crippen molar-refractivity contribution in [1.29, 1.82) is 5.26 Å². The van der Waals surface area contributed by atoms with Gasteiger partial charge in [-0.3, -0.25) is 0 Å². The summed E-state index contributed by atoms with van der Waals surface area (Å²) in [6.45, 7) is 1.74. The maximum absolute atomic E-state index is 13.9. The Morgan fingerprint density at radius 3 is 2.52 bits per heavy atom. The Bertz CT molecular complexity index is 726. The van der Waals surface area contributed by atoms with Crippen LogP contribution in [0, 0.1) is 17.1 Å². The van der Waals surface area contributed by atoms with Gasteiger partial charge in [-0.25, -0.2) is 4.39 Å². The molecule has 110 valence electrons. The van der Waals surface area contributed by atoms with E-state index >= 15 is 0 Å². The summed E-state index contributed by atoms with van der Waals surface area (Å²) < 4.78 is 52.2. The van der Waals surface area contributed by atoms with Crippen molar-refractivity contribution in [1.82, 2.24) is 0 Å². The molecule has 0 bridgehead atoms. The minimum absolute atomic E-state index is 0.179. The summed E-state index contributed by atoms with van der Waals surface area (Å²) in [7, 11) is 0. The molecule has 1 heterocycles. The van der Waals surface area contributed by atoms with Crippen molar-refractivity contribution in [3.05, 3.63) is 40.0 Å². The third-order valence-electron chi connectivity index (χ3n) is 3.04. The molecule has 0 saturated carbocycles. The van der Waals surface area contributed by atoms with Gasteiger partial charge in [0.15, 0.2) is 0 Å². The fourth-order valence-corrected chi connectivity index (χ4v) is 3.13. The molecule has 0 saturated heterocycles. The zero-order chi connectivity index (χ0) is 15.8. The fraction of sp³-hybridized carbons (Fsp3) is 0.214. The van der Waals surface area contributed by atoms with Crippen molar-refractivity contribution in [3.63, 3.8) is 0 Å². The molecule has 0 unspecified atom stereocenters. The van der Waals surface area contributed by atoms with E-state index in [4.69, 9.17) is 11.0 Å². The first-order valence-electron chi connectivity index (χ1n) is 5.98. The van der Waals surface area contributed by atoms with Crippen LogP contribution in [0.15, 0.2) is 18.2 Å². The highest BCUT2D eigenvalue weighted by molar-refractivity contribution is 7.16. The number of alkyl halides is 3. The van der Waals surface area contributed by atoms with Crippen molar-refractivity contribution >= 4 is 17.0 Å². The summed E-state index contributed by atoms with van der Waals surface area (Å²) >= 11 is 0.904. The summed E-state index contributed by atoms with van der Waals surface area (Å²) in [6, 6.07) is 4.09. The van der Waals surface area contributed by atoms with Crippen LogP contribution in [-0.4, -0.2) is 0 Å². The highest BCUT2D eigenvalue weighted by atomic mass is 32.1. The van der Waals surface area contributed by atoms with E-state index in [9.17, 15) is 17.6 Å². The first kappa shape index (κ1) is 15.3. The second-order valence-electron chi connectivity index (χ2n) is 4.31. The lowest BCUT2D eigenvalue weighted by atomic mass is 10.0. The SMILES string of the molecule is CCc1c(-c2cc(C(F)(F)F)ccc2F)sc(C#N)c1N. The smallest absolute Gasteiger partial charge is 0.397 e. The van der Waals surface area contributed by atoms with Gasteiger partial charge in [0.1, 0.15) is 16.8 Å². The molecule has 2 rings (SSSR count). The van der Waals surface area contributed by atoms with E-state index in [1.807, 2.05) is 6.07 Å². The Labute approximate surface area is 122 Å². The predicted molar refractivity (Wildman–Crippen MR) is 73.2 cm³/mol. The van der Waals surface area contributed by atoms with Crippen LogP contribution in [0.4, 0.5) is 23.2 Å². The molecule has 21 heavy (non-hydrogen) atoms. The zero-order valence-electron chi connectivity index (χ0n) is 10.9. The van der Waals surface area contributed by atoms with E-state index in [0.717, 1.165) is 23.5 Å². The second-order valence-corrected chi connectivity index (χ2v) is 5.33. The van der Waals surface area contributed by atoms with E-state index in [0.29, 0.717) is 18.1 Å². The van der Waals surface area contributed by atoms with Crippen LogP contribution >= 0.6 is 11.3 Å². The van der Waals surface area contributed by atoms with Crippen LogP contribution in [0.3, 0.4) is 0 Å². The second kappa shape index (κ2) is 5.37. The number of halogens is 4. The molecule has 7 heteroatoms. The van der Waals surface area contributed by atoms with Crippen molar-refractivity contribution in [2.24, 2.45) is 0 Å². The van der Waals surface area contributed by atoms with E-state index < -0.39 is 17.6 Å². The molecule has 0 fully saturated rings. The summed E-state index contributed by atoms with van der Waals surface area (Å²) in [5.41, 5.74) is 5.36. The Morgan fingerprint density at radius 1 is 1.33 bits per heavy atom. The quantitative estimate of drug-likeness (QED) is 0.824. The Hall–Kier alpha value is -2.07. The number of anilines is 1. The monoisotopic (exact) mass is 314 g/mol. The van der Waals surface area contributed by atoms with Crippen molar-refractivity contribution in [3.8, 4) is 16.5 Å². The highest BCUT2D eigenvalue weighted by Gasteiger charge is 2.32. The number of nitrogens with two attached hydrogens (primary N) is 1. The van der Waals surface area contributed by atoms with Crippen molar-refractivity contribution in [2.45, 2.75) is 19.5 Å². The minimum Gasteiger partial charge on any atom is -0.397 e. The topological polar surface area (TPSA) is 49.8 Å². The molecule has 2 N–H and O–H groups in total.